The first-order valence-electron chi connectivity index (χ1n) is 8.76. The highest BCUT2D eigenvalue weighted by molar-refractivity contribution is 8.00. The van der Waals surface area contributed by atoms with E-state index in [1.807, 2.05) is 0 Å². The molecule has 13 heteroatoms. The quantitative estimate of drug-likeness (QED) is 0.369. The third kappa shape index (κ3) is 3.70. The van der Waals surface area contributed by atoms with Crippen LogP contribution < -0.4 is 5.32 Å². The van der Waals surface area contributed by atoms with Crippen LogP contribution in [0.2, 0.25) is 0 Å². The molecule has 158 valence electrons. The van der Waals surface area contributed by atoms with Crippen LogP contribution in [0.3, 0.4) is 0 Å². The lowest BCUT2D eigenvalue weighted by Gasteiger charge is -2.50. The number of aliphatic hydroxyl groups excluding tert-OH is 1. The van der Waals surface area contributed by atoms with Crippen LogP contribution in [0, 0.1) is 6.92 Å². The Morgan fingerprint density at radius 1 is 1.30 bits per heavy atom. The van der Waals surface area contributed by atoms with Crippen LogP contribution in [-0.2, 0) is 14.2 Å². The lowest BCUT2D eigenvalue weighted by Crippen LogP contribution is -2.70. The molecule has 1 saturated heterocycles. The van der Waals surface area contributed by atoms with Gasteiger partial charge in [0, 0.05) is 11.3 Å². The van der Waals surface area contributed by atoms with E-state index in [1.165, 1.54) is 23.1 Å². The number of thioether (sulfide) groups is 1. The van der Waals surface area contributed by atoms with Crippen LogP contribution in [0.5, 0.6) is 0 Å². The van der Waals surface area contributed by atoms with Gasteiger partial charge in [0.05, 0.1) is 0 Å². The lowest BCUT2D eigenvalue weighted by molar-refractivity contribution is -0.147. The van der Waals surface area contributed by atoms with E-state index in [0.29, 0.717) is 15.6 Å². The molecule has 2 aliphatic rings. The molecule has 1 aromatic heterocycles. The molecule has 4 rings (SSSR count). The fraction of sp³-hybridized carbons (Fsp3) is 0.294. The van der Waals surface area contributed by atoms with Gasteiger partial charge in [-0.2, -0.15) is 0 Å². The number of fused-ring (bicyclic) bond motifs is 1. The van der Waals surface area contributed by atoms with E-state index in [0.717, 1.165) is 4.90 Å². The van der Waals surface area contributed by atoms with Crippen molar-refractivity contribution in [2.75, 3.05) is 5.75 Å². The number of aryl methyl sites for hydroxylation is 1. The van der Waals surface area contributed by atoms with Crippen LogP contribution in [0.1, 0.15) is 21.7 Å². The van der Waals surface area contributed by atoms with Crippen molar-refractivity contribution in [1.29, 1.82) is 0 Å². The molecule has 0 spiro atoms. The Kier molecular flexibility index (Phi) is 5.56. The summed E-state index contributed by atoms with van der Waals surface area (Å²) in [4.78, 5) is 46.0. The standard InChI is InChI=1S/C17H17N4O6PS2/c1-8-19-20-14(30-8)10-7-29-17-11(15(24)21(17)16(10)28(25,26)27)18-13(23)12(22)9-5-3-2-4-6-9/h2-6,11-12,17,22H,7H2,1H3,(H,18,23)(H2,25,26,27)/t11-,12?,17+/m1/s1. The molecule has 30 heavy (non-hydrogen) atoms. The number of hydrogen-bond donors (Lipinski definition) is 4. The molecular weight excluding hydrogens is 451 g/mol. The van der Waals surface area contributed by atoms with E-state index < -0.39 is 42.4 Å². The van der Waals surface area contributed by atoms with Crippen molar-refractivity contribution in [2.24, 2.45) is 0 Å². The summed E-state index contributed by atoms with van der Waals surface area (Å²) in [6.07, 6.45) is -1.46. The van der Waals surface area contributed by atoms with Crippen LogP contribution in [0.25, 0.3) is 5.57 Å². The molecule has 0 saturated carbocycles. The van der Waals surface area contributed by atoms with Gasteiger partial charge in [0.25, 0.3) is 11.8 Å². The average Bonchev–Trinajstić information content (AvgIpc) is 3.16. The molecule has 3 atom stereocenters. The number of nitrogens with zero attached hydrogens (tertiary/aromatic N) is 3. The zero-order valence-corrected chi connectivity index (χ0v) is 18.0. The van der Waals surface area contributed by atoms with E-state index in [9.17, 15) is 29.0 Å². The summed E-state index contributed by atoms with van der Waals surface area (Å²) in [5, 5.41) is 20.8. The second kappa shape index (κ2) is 7.88. The number of amides is 2. The number of carbonyl (C=O) groups is 2. The summed E-state index contributed by atoms with van der Waals surface area (Å²) in [5.41, 5.74) is 0.235. The molecule has 0 radical (unpaired) electrons. The Morgan fingerprint density at radius 3 is 2.60 bits per heavy atom. The van der Waals surface area contributed by atoms with Gasteiger partial charge >= 0.3 is 7.60 Å². The maximum absolute atomic E-state index is 12.7. The molecule has 10 nitrogen and oxygen atoms in total. The van der Waals surface area contributed by atoms with Gasteiger partial charge in [0.15, 0.2) is 6.10 Å². The Hall–Kier alpha value is -2.08. The second-order valence-electron chi connectivity index (χ2n) is 6.68. The number of β-lactam (4-membered cyclic amide) rings is 1. The minimum Gasteiger partial charge on any atom is -0.378 e. The van der Waals surface area contributed by atoms with Crippen molar-refractivity contribution < 1.29 is 29.0 Å². The second-order valence-corrected chi connectivity index (χ2v) is 10.5. The number of benzene rings is 1. The van der Waals surface area contributed by atoms with Crippen molar-refractivity contribution >= 4 is 48.1 Å². The molecule has 3 heterocycles. The summed E-state index contributed by atoms with van der Waals surface area (Å²) in [6.45, 7) is 1.72. The maximum Gasteiger partial charge on any atom is 0.373 e. The van der Waals surface area contributed by atoms with Gasteiger partial charge in [-0.1, -0.05) is 41.7 Å². The fourth-order valence-electron chi connectivity index (χ4n) is 3.28. The average molecular weight is 468 g/mol. The molecule has 2 aliphatic heterocycles. The van der Waals surface area contributed by atoms with Gasteiger partial charge in [-0.25, -0.2) is 0 Å². The summed E-state index contributed by atoms with van der Waals surface area (Å²) in [7, 11) is -4.81. The van der Waals surface area contributed by atoms with E-state index in [2.05, 4.69) is 15.5 Å². The normalized spacial score (nSPS) is 22.4. The van der Waals surface area contributed by atoms with Gasteiger partial charge < -0.3 is 20.2 Å². The van der Waals surface area contributed by atoms with E-state index in [-0.39, 0.29) is 11.3 Å². The number of rotatable bonds is 5. The predicted octanol–water partition coefficient (Wildman–Crippen LogP) is 0.826. The molecule has 0 aliphatic carbocycles. The minimum absolute atomic E-state index is 0.192. The van der Waals surface area contributed by atoms with Gasteiger partial charge in [-0.15, -0.1) is 22.0 Å². The topological polar surface area (TPSA) is 153 Å². The van der Waals surface area contributed by atoms with Crippen molar-refractivity contribution in [2.45, 2.75) is 24.4 Å². The first kappa shape index (κ1) is 21.2. The van der Waals surface area contributed by atoms with Gasteiger partial charge in [-0.3, -0.25) is 19.1 Å². The predicted molar refractivity (Wildman–Crippen MR) is 110 cm³/mol. The summed E-state index contributed by atoms with van der Waals surface area (Å²) in [5.74, 6) is -1.22. The fourth-order valence-corrected chi connectivity index (χ4v) is 6.76. The molecule has 4 N–H and O–H groups in total. The zero-order chi connectivity index (χ0) is 21.6. The highest BCUT2D eigenvalue weighted by Crippen LogP contribution is 2.57. The van der Waals surface area contributed by atoms with Crippen molar-refractivity contribution in [3.05, 3.63) is 51.3 Å². The SMILES string of the molecule is Cc1nnc(C2=C(P(=O)(O)O)N3C(=O)[C@@H](NC(=O)C(O)c4ccccc4)[C@@H]3SC2)s1. The summed E-state index contributed by atoms with van der Waals surface area (Å²) < 4.78 is 12.2. The number of nitrogens with one attached hydrogen (secondary N) is 1. The summed E-state index contributed by atoms with van der Waals surface area (Å²) >= 11 is 2.43. The Balaban J connectivity index is 1.58. The Labute approximate surface area is 179 Å². The number of hydrogen-bond acceptors (Lipinski definition) is 8. The van der Waals surface area contributed by atoms with Gasteiger partial charge in [0.1, 0.15) is 26.9 Å². The van der Waals surface area contributed by atoms with Gasteiger partial charge in [0.2, 0.25) is 0 Å². The number of aliphatic hydroxyl groups is 1. The zero-order valence-electron chi connectivity index (χ0n) is 15.5. The van der Waals surface area contributed by atoms with Crippen molar-refractivity contribution in [3.63, 3.8) is 0 Å². The third-order valence-electron chi connectivity index (χ3n) is 4.66. The molecule has 1 aromatic carbocycles. The molecule has 1 unspecified atom stereocenters. The smallest absolute Gasteiger partial charge is 0.373 e. The van der Waals surface area contributed by atoms with Gasteiger partial charge in [-0.05, 0) is 12.5 Å². The highest BCUT2D eigenvalue weighted by Gasteiger charge is 2.56. The van der Waals surface area contributed by atoms with Crippen LogP contribution in [0.4, 0.5) is 0 Å². The monoisotopic (exact) mass is 468 g/mol. The Bertz CT molecular complexity index is 1080. The molecule has 2 amide bonds. The largest absolute Gasteiger partial charge is 0.378 e. The number of carbonyl (C=O) groups excluding carboxylic acids is 2. The first-order chi connectivity index (χ1) is 14.2. The molecule has 1 fully saturated rings. The van der Waals surface area contributed by atoms with E-state index in [4.69, 9.17) is 0 Å². The third-order valence-corrected chi connectivity index (χ3v) is 7.88. The molecular formula is C17H17N4O6PS2. The molecule has 0 bridgehead atoms. The Morgan fingerprint density at radius 2 is 2.00 bits per heavy atom. The van der Waals surface area contributed by atoms with E-state index >= 15 is 0 Å². The lowest BCUT2D eigenvalue weighted by atomic mass is 10.0. The highest BCUT2D eigenvalue weighted by atomic mass is 32.2. The molecule has 2 aromatic rings. The maximum atomic E-state index is 12.7. The summed E-state index contributed by atoms with van der Waals surface area (Å²) in [6, 6.07) is 7.26. The van der Waals surface area contributed by atoms with Crippen LogP contribution in [-0.4, -0.2) is 59.0 Å². The minimum atomic E-state index is -4.81. The van der Waals surface area contributed by atoms with Crippen LogP contribution >= 0.6 is 30.7 Å². The van der Waals surface area contributed by atoms with E-state index in [1.54, 1.807) is 37.3 Å². The van der Waals surface area contributed by atoms with Crippen LogP contribution in [0.15, 0.2) is 35.8 Å². The van der Waals surface area contributed by atoms with Crippen molar-refractivity contribution in [1.82, 2.24) is 20.4 Å². The number of aromatic nitrogens is 2. The van der Waals surface area contributed by atoms with Crippen molar-refractivity contribution in [3.8, 4) is 0 Å². The first-order valence-corrected chi connectivity index (χ1v) is 12.2.